The number of nitriles is 1. The van der Waals surface area contributed by atoms with Crippen LogP contribution in [0.2, 0.25) is 0 Å². The zero-order valence-corrected chi connectivity index (χ0v) is 11.6. The monoisotopic (exact) mass is 285 g/mol. The van der Waals surface area contributed by atoms with Gasteiger partial charge in [0.25, 0.3) is 5.91 Å². The number of benzene rings is 1. The fraction of sp³-hybridized carbons (Fsp3) is 0.286. The molecule has 0 atom stereocenters. The summed E-state index contributed by atoms with van der Waals surface area (Å²) >= 11 is 0. The highest BCUT2D eigenvalue weighted by Crippen LogP contribution is 2.17. The zero-order chi connectivity index (χ0) is 15.1. The van der Waals surface area contributed by atoms with Gasteiger partial charge in [-0.15, -0.1) is 5.10 Å². The van der Waals surface area contributed by atoms with Crippen LogP contribution < -0.4 is 10.1 Å². The molecule has 2 rings (SSSR count). The first kappa shape index (κ1) is 14.5. The van der Waals surface area contributed by atoms with Crippen LogP contribution in [0.25, 0.3) is 0 Å². The molecule has 2 N–H and O–H groups in total. The molecule has 1 aromatic carbocycles. The molecule has 2 aromatic rings. The van der Waals surface area contributed by atoms with Gasteiger partial charge in [0, 0.05) is 18.2 Å². The maximum Gasteiger partial charge on any atom is 0.295 e. The van der Waals surface area contributed by atoms with E-state index in [4.69, 9.17) is 10.00 Å². The summed E-state index contributed by atoms with van der Waals surface area (Å²) in [4.78, 5) is 16.1. The molecular formula is C14H15N5O2. The molecule has 0 saturated carbocycles. The van der Waals surface area contributed by atoms with Gasteiger partial charge in [0.05, 0.1) is 0 Å². The number of carbonyl (C=O) groups excluding carboxylic acids is 1. The van der Waals surface area contributed by atoms with Gasteiger partial charge in [-0.3, -0.25) is 9.89 Å². The largest absolute Gasteiger partial charge is 0.479 e. The molecule has 0 spiro atoms. The molecule has 0 unspecified atom stereocenters. The van der Waals surface area contributed by atoms with Crippen molar-refractivity contribution in [2.24, 2.45) is 0 Å². The van der Waals surface area contributed by atoms with Crippen LogP contribution in [0.1, 0.15) is 29.8 Å². The summed E-state index contributed by atoms with van der Waals surface area (Å²) in [5.74, 6) is 0.901. The molecule has 0 saturated heterocycles. The van der Waals surface area contributed by atoms with Gasteiger partial charge in [-0.2, -0.15) is 5.26 Å². The lowest BCUT2D eigenvalue weighted by atomic mass is 10.3. The third-order valence-corrected chi connectivity index (χ3v) is 2.62. The molecule has 21 heavy (non-hydrogen) atoms. The van der Waals surface area contributed by atoms with E-state index in [1.165, 1.54) is 0 Å². The predicted octanol–water partition coefficient (Wildman–Crippen LogP) is 1.91. The lowest BCUT2D eigenvalue weighted by molar-refractivity contribution is 0.101. The molecule has 0 aliphatic rings. The highest BCUT2D eigenvalue weighted by atomic mass is 16.5. The van der Waals surface area contributed by atoms with Crippen molar-refractivity contribution in [3.05, 3.63) is 35.9 Å². The normalized spacial score (nSPS) is 9.90. The average Bonchev–Trinajstić information content (AvgIpc) is 2.95. The van der Waals surface area contributed by atoms with Gasteiger partial charge in [-0.05, 0) is 18.6 Å². The van der Waals surface area contributed by atoms with Crippen LogP contribution in [0.3, 0.4) is 0 Å². The summed E-state index contributed by atoms with van der Waals surface area (Å²) in [5, 5.41) is 17.8. The average molecular weight is 285 g/mol. The summed E-state index contributed by atoms with van der Waals surface area (Å²) in [6.45, 7) is 1.98. The van der Waals surface area contributed by atoms with Crippen molar-refractivity contribution in [1.82, 2.24) is 15.2 Å². The second-order valence-corrected chi connectivity index (χ2v) is 4.28. The number of amides is 1. The number of nitrogens with zero attached hydrogens (tertiary/aromatic N) is 3. The van der Waals surface area contributed by atoms with Gasteiger partial charge in [0.1, 0.15) is 17.6 Å². The third kappa shape index (κ3) is 4.04. The van der Waals surface area contributed by atoms with Crippen LogP contribution in [0.4, 0.5) is 5.69 Å². The van der Waals surface area contributed by atoms with Crippen molar-refractivity contribution in [2.75, 3.05) is 11.9 Å². The lowest BCUT2D eigenvalue weighted by Gasteiger charge is -2.05. The second kappa shape index (κ2) is 7.05. The van der Waals surface area contributed by atoms with E-state index in [9.17, 15) is 4.79 Å². The summed E-state index contributed by atoms with van der Waals surface area (Å²) in [7, 11) is 0. The number of ether oxygens (including phenoxy) is 1. The van der Waals surface area contributed by atoms with E-state index < -0.39 is 5.91 Å². The second-order valence-electron chi connectivity index (χ2n) is 4.28. The number of anilines is 1. The van der Waals surface area contributed by atoms with E-state index in [2.05, 4.69) is 20.5 Å². The first-order valence-corrected chi connectivity index (χ1v) is 6.55. The van der Waals surface area contributed by atoms with Gasteiger partial charge in [0.15, 0.2) is 6.61 Å². The Kier molecular flexibility index (Phi) is 4.88. The number of rotatable bonds is 6. The van der Waals surface area contributed by atoms with Crippen molar-refractivity contribution in [2.45, 2.75) is 19.8 Å². The number of hydrogen-bond acceptors (Lipinski definition) is 5. The van der Waals surface area contributed by atoms with Gasteiger partial charge in [-0.1, -0.05) is 13.0 Å². The number of aryl methyl sites for hydroxylation is 1. The first-order chi connectivity index (χ1) is 10.2. The van der Waals surface area contributed by atoms with Gasteiger partial charge in [-0.25, -0.2) is 4.98 Å². The van der Waals surface area contributed by atoms with Crippen LogP contribution in [0.5, 0.6) is 5.75 Å². The standard InChI is InChI=1S/C14H15N5O2/c1-2-4-12-17-13(19-18-12)14(20)16-10-5-3-6-11(9-10)21-8-7-15/h3,5-6,9H,2,4,8H2,1H3,(H,16,20)(H,17,18,19). The molecule has 1 amide bonds. The van der Waals surface area contributed by atoms with Crippen molar-refractivity contribution in [3.8, 4) is 11.8 Å². The van der Waals surface area contributed by atoms with Crippen molar-refractivity contribution >= 4 is 11.6 Å². The molecule has 0 aliphatic heterocycles. The molecule has 108 valence electrons. The number of aromatic nitrogens is 3. The Hall–Kier alpha value is -2.88. The summed E-state index contributed by atoms with van der Waals surface area (Å²) < 4.78 is 5.17. The molecule has 7 heteroatoms. The summed E-state index contributed by atoms with van der Waals surface area (Å²) in [6, 6.07) is 8.67. The van der Waals surface area contributed by atoms with E-state index >= 15 is 0 Å². The van der Waals surface area contributed by atoms with Crippen LogP contribution in [-0.4, -0.2) is 27.7 Å². The van der Waals surface area contributed by atoms with E-state index in [1.807, 2.05) is 13.0 Å². The molecular weight excluding hydrogens is 270 g/mol. The highest BCUT2D eigenvalue weighted by molar-refractivity contribution is 6.01. The van der Waals surface area contributed by atoms with Crippen LogP contribution in [-0.2, 0) is 6.42 Å². The number of nitrogens with one attached hydrogen (secondary N) is 2. The molecule has 0 aliphatic carbocycles. The fourth-order valence-electron chi connectivity index (χ4n) is 1.71. The SMILES string of the molecule is CCCc1nc(C(=O)Nc2cccc(OCC#N)c2)n[nH]1. The Morgan fingerprint density at radius 2 is 2.38 bits per heavy atom. The molecule has 7 nitrogen and oxygen atoms in total. The molecule has 0 bridgehead atoms. The molecule has 0 fully saturated rings. The van der Waals surface area contributed by atoms with Gasteiger partial charge < -0.3 is 10.1 Å². The van der Waals surface area contributed by atoms with Crippen molar-refractivity contribution in [1.29, 1.82) is 5.26 Å². The summed E-state index contributed by atoms with van der Waals surface area (Å²) in [5.41, 5.74) is 0.553. The van der Waals surface area contributed by atoms with Gasteiger partial charge in [0.2, 0.25) is 5.82 Å². The number of aromatic amines is 1. The highest BCUT2D eigenvalue weighted by Gasteiger charge is 2.12. The van der Waals surface area contributed by atoms with E-state index in [-0.39, 0.29) is 12.4 Å². The van der Waals surface area contributed by atoms with Gasteiger partial charge >= 0.3 is 0 Å². The van der Waals surface area contributed by atoms with E-state index in [1.54, 1.807) is 24.3 Å². The number of carbonyl (C=O) groups is 1. The maximum atomic E-state index is 12.0. The smallest absolute Gasteiger partial charge is 0.295 e. The van der Waals surface area contributed by atoms with Crippen LogP contribution >= 0.6 is 0 Å². The molecule has 0 radical (unpaired) electrons. The van der Waals surface area contributed by atoms with Crippen LogP contribution in [0.15, 0.2) is 24.3 Å². The maximum absolute atomic E-state index is 12.0. The number of hydrogen-bond donors (Lipinski definition) is 2. The van der Waals surface area contributed by atoms with E-state index in [0.717, 1.165) is 12.8 Å². The quantitative estimate of drug-likeness (QED) is 0.843. The minimum atomic E-state index is -0.397. The molecule has 1 heterocycles. The minimum absolute atomic E-state index is 0.0430. The lowest BCUT2D eigenvalue weighted by Crippen LogP contribution is -2.13. The Labute approximate surface area is 122 Å². The van der Waals surface area contributed by atoms with E-state index in [0.29, 0.717) is 17.3 Å². The van der Waals surface area contributed by atoms with Crippen LogP contribution in [0, 0.1) is 11.3 Å². The minimum Gasteiger partial charge on any atom is -0.479 e. The Balaban J connectivity index is 2.03. The van der Waals surface area contributed by atoms with Crippen molar-refractivity contribution in [3.63, 3.8) is 0 Å². The fourth-order valence-corrected chi connectivity index (χ4v) is 1.71. The predicted molar refractivity (Wildman–Crippen MR) is 75.9 cm³/mol. The number of H-pyrrole nitrogens is 1. The zero-order valence-electron chi connectivity index (χ0n) is 11.6. The first-order valence-electron chi connectivity index (χ1n) is 6.55. The third-order valence-electron chi connectivity index (χ3n) is 2.62. The Bertz CT molecular complexity index is 659. The van der Waals surface area contributed by atoms with Crippen molar-refractivity contribution < 1.29 is 9.53 Å². The topological polar surface area (TPSA) is 104 Å². The molecule has 1 aromatic heterocycles. The Morgan fingerprint density at radius 3 is 3.14 bits per heavy atom. The summed E-state index contributed by atoms with van der Waals surface area (Å²) in [6.07, 6.45) is 1.67. The Morgan fingerprint density at radius 1 is 1.52 bits per heavy atom.